The van der Waals surface area contributed by atoms with Gasteiger partial charge in [-0.15, -0.1) is 0 Å². The third-order valence-corrected chi connectivity index (χ3v) is 3.13. The van der Waals surface area contributed by atoms with Gasteiger partial charge in [-0.3, -0.25) is 4.79 Å². The van der Waals surface area contributed by atoms with E-state index in [2.05, 4.69) is 12.2 Å². The second-order valence-corrected chi connectivity index (χ2v) is 5.19. The maximum atomic E-state index is 11.8. The van der Waals surface area contributed by atoms with Gasteiger partial charge in [-0.1, -0.05) is 37.6 Å². The van der Waals surface area contributed by atoms with E-state index in [0.717, 1.165) is 5.56 Å². The summed E-state index contributed by atoms with van der Waals surface area (Å²) in [4.78, 5) is 23.1. The molecule has 2 atom stereocenters. The van der Waals surface area contributed by atoms with E-state index in [1.165, 1.54) is 6.92 Å². The molecule has 1 radical (unpaired) electrons. The molecule has 22 heavy (non-hydrogen) atoms. The fraction of sp³-hybridized carbons (Fsp3) is 0.438. The normalized spacial score (nSPS) is 13.1. The Balaban J connectivity index is 2.51. The van der Waals surface area contributed by atoms with Crippen molar-refractivity contribution in [2.75, 3.05) is 0 Å². The number of alkyl carbamates (subject to hydrolysis) is 1. The van der Waals surface area contributed by atoms with Gasteiger partial charge in [0.2, 0.25) is 6.29 Å². The third-order valence-electron chi connectivity index (χ3n) is 2.88. The number of hydrogen-bond donors (Lipinski definition) is 1. The fourth-order valence-corrected chi connectivity index (χ4v) is 1.94. The van der Waals surface area contributed by atoms with Crippen molar-refractivity contribution in [2.45, 2.75) is 45.4 Å². The average molecular weight is 327 g/mol. The Labute approximate surface area is 135 Å². The van der Waals surface area contributed by atoms with Gasteiger partial charge in [0.15, 0.2) is 0 Å². The summed E-state index contributed by atoms with van der Waals surface area (Å²) in [5.74, 6) is -0.394. The van der Waals surface area contributed by atoms with Crippen molar-refractivity contribution in [3.05, 3.63) is 41.8 Å². The molecule has 0 saturated carbocycles. The van der Waals surface area contributed by atoms with Crippen LogP contribution in [0.4, 0.5) is 4.79 Å². The standard InChI is InChI=1S/C16H21ClNO4/c1-4-6-15(19)21-11(3)22-16(20)18-14(5-2)12-7-9-13(17)10-8-12/h7-11,14H,2,4-6H2,1,3H3,(H,18,20). The van der Waals surface area contributed by atoms with Crippen molar-refractivity contribution in [2.24, 2.45) is 0 Å². The molecular weight excluding hydrogens is 306 g/mol. The van der Waals surface area contributed by atoms with Crippen molar-refractivity contribution in [1.82, 2.24) is 5.32 Å². The van der Waals surface area contributed by atoms with Gasteiger partial charge in [-0.25, -0.2) is 4.79 Å². The summed E-state index contributed by atoms with van der Waals surface area (Å²) in [5.41, 5.74) is 0.868. The van der Waals surface area contributed by atoms with Crippen LogP contribution < -0.4 is 5.32 Å². The molecule has 5 nitrogen and oxygen atoms in total. The van der Waals surface area contributed by atoms with Crippen LogP contribution in [0.5, 0.6) is 0 Å². The highest BCUT2D eigenvalue weighted by atomic mass is 35.5. The van der Waals surface area contributed by atoms with Crippen molar-refractivity contribution < 1.29 is 19.1 Å². The quantitative estimate of drug-likeness (QED) is 0.607. The number of carbonyl (C=O) groups excluding carboxylic acids is 2. The first-order chi connectivity index (χ1) is 10.5. The largest absolute Gasteiger partial charge is 0.425 e. The third kappa shape index (κ3) is 6.35. The predicted octanol–water partition coefficient (Wildman–Crippen LogP) is 4.02. The lowest BCUT2D eigenvalue weighted by molar-refractivity contribution is -0.164. The Morgan fingerprint density at radius 1 is 1.27 bits per heavy atom. The first-order valence-electron chi connectivity index (χ1n) is 7.17. The Kier molecular flexibility index (Phi) is 7.74. The number of halogens is 1. The maximum Gasteiger partial charge on any atom is 0.410 e. The first kappa shape index (κ1) is 18.3. The molecule has 0 fully saturated rings. The molecule has 0 aliphatic heterocycles. The highest BCUT2D eigenvalue weighted by molar-refractivity contribution is 6.30. The van der Waals surface area contributed by atoms with E-state index in [-0.39, 0.29) is 6.04 Å². The van der Waals surface area contributed by atoms with Crippen LogP contribution in [0.3, 0.4) is 0 Å². The summed E-state index contributed by atoms with van der Waals surface area (Å²) in [6.45, 7) is 7.16. The van der Waals surface area contributed by atoms with E-state index >= 15 is 0 Å². The minimum absolute atomic E-state index is 0.293. The molecule has 1 N–H and O–H groups in total. The van der Waals surface area contributed by atoms with E-state index in [4.69, 9.17) is 21.1 Å². The monoisotopic (exact) mass is 326 g/mol. The Bertz CT molecular complexity index is 489. The summed E-state index contributed by atoms with van der Waals surface area (Å²) in [5, 5.41) is 3.30. The van der Waals surface area contributed by atoms with E-state index in [1.54, 1.807) is 12.1 Å². The topological polar surface area (TPSA) is 64.6 Å². The molecule has 0 bridgehead atoms. The number of amides is 1. The van der Waals surface area contributed by atoms with Gasteiger partial charge < -0.3 is 14.8 Å². The van der Waals surface area contributed by atoms with Crippen molar-refractivity contribution in [1.29, 1.82) is 0 Å². The zero-order valence-electron chi connectivity index (χ0n) is 12.8. The number of carbonyl (C=O) groups is 2. The zero-order valence-corrected chi connectivity index (χ0v) is 13.6. The first-order valence-corrected chi connectivity index (χ1v) is 7.55. The summed E-state index contributed by atoms with van der Waals surface area (Å²) in [6, 6.07) is 6.79. The van der Waals surface area contributed by atoms with Crippen LogP contribution in [0.2, 0.25) is 5.02 Å². The summed E-state index contributed by atoms with van der Waals surface area (Å²) < 4.78 is 9.94. The minimum atomic E-state index is -0.935. The molecular formula is C16H21ClNO4. The number of nitrogens with one attached hydrogen (secondary N) is 1. The van der Waals surface area contributed by atoms with Crippen LogP contribution in [0.15, 0.2) is 24.3 Å². The molecule has 0 spiro atoms. The van der Waals surface area contributed by atoms with E-state index in [9.17, 15) is 9.59 Å². The number of hydrogen-bond acceptors (Lipinski definition) is 4. The molecule has 1 amide bonds. The van der Waals surface area contributed by atoms with Crippen molar-refractivity contribution >= 4 is 23.7 Å². The van der Waals surface area contributed by atoms with Crippen LogP contribution in [-0.2, 0) is 14.3 Å². The molecule has 0 aliphatic rings. The Morgan fingerprint density at radius 2 is 1.91 bits per heavy atom. The molecule has 2 unspecified atom stereocenters. The summed E-state index contributed by atoms with van der Waals surface area (Å²) >= 11 is 5.83. The Morgan fingerprint density at radius 3 is 2.45 bits per heavy atom. The number of ether oxygens (including phenoxy) is 2. The lowest BCUT2D eigenvalue weighted by Gasteiger charge is -2.19. The van der Waals surface area contributed by atoms with Crippen molar-refractivity contribution in [3.63, 3.8) is 0 Å². The highest BCUT2D eigenvalue weighted by Gasteiger charge is 2.17. The van der Waals surface area contributed by atoms with Gasteiger partial charge in [0.05, 0.1) is 6.04 Å². The minimum Gasteiger partial charge on any atom is -0.425 e. The molecule has 1 aromatic rings. The van der Waals surface area contributed by atoms with E-state index in [1.807, 2.05) is 19.1 Å². The lowest BCUT2D eigenvalue weighted by Crippen LogP contribution is -2.32. The molecule has 121 valence electrons. The highest BCUT2D eigenvalue weighted by Crippen LogP contribution is 2.19. The molecule has 0 heterocycles. The SMILES string of the molecule is [CH2]CC(NC(=O)OC(C)OC(=O)CCC)c1ccc(Cl)cc1. The summed E-state index contributed by atoms with van der Waals surface area (Å²) in [7, 11) is 0. The lowest BCUT2D eigenvalue weighted by atomic mass is 10.1. The zero-order chi connectivity index (χ0) is 16.5. The van der Waals surface area contributed by atoms with Gasteiger partial charge in [-0.2, -0.15) is 0 Å². The van der Waals surface area contributed by atoms with Gasteiger partial charge in [-0.05, 0) is 30.5 Å². The summed E-state index contributed by atoms with van der Waals surface area (Å²) in [6.07, 6.45) is -0.185. The van der Waals surface area contributed by atoms with Gasteiger partial charge in [0.1, 0.15) is 0 Å². The van der Waals surface area contributed by atoms with Crippen LogP contribution in [0, 0.1) is 6.92 Å². The van der Waals surface area contributed by atoms with E-state index < -0.39 is 18.4 Å². The van der Waals surface area contributed by atoms with E-state index in [0.29, 0.717) is 24.3 Å². The van der Waals surface area contributed by atoms with Crippen LogP contribution in [-0.4, -0.2) is 18.4 Å². The second kappa shape index (κ2) is 9.30. The molecule has 1 aromatic carbocycles. The van der Waals surface area contributed by atoms with Gasteiger partial charge >= 0.3 is 12.1 Å². The number of rotatable bonds is 7. The molecule has 0 aliphatic carbocycles. The fourth-order valence-electron chi connectivity index (χ4n) is 1.82. The smallest absolute Gasteiger partial charge is 0.410 e. The maximum absolute atomic E-state index is 11.8. The molecule has 0 saturated heterocycles. The number of esters is 1. The average Bonchev–Trinajstić information content (AvgIpc) is 2.45. The molecule has 0 aromatic heterocycles. The Hall–Kier alpha value is -1.75. The second-order valence-electron chi connectivity index (χ2n) is 4.75. The van der Waals surface area contributed by atoms with Gasteiger partial charge in [0.25, 0.3) is 0 Å². The van der Waals surface area contributed by atoms with Crippen LogP contribution in [0.1, 0.15) is 44.7 Å². The molecule has 1 rings (SSSR count). The number of benzene rings is 1. The molecule has 6 heteroatoms. The van der Waals surface area contributed by atoms with Crippen LogP contribution in [0.25, 0.3) is 0 Å². The van der Waals surface area contributed by atoms with Gasteiger partial charge in [0, 0.05) is 18.4 Å². The predicted molar refractivity (Wildman–Crippen MR) is 84.2 cm³/mol. The van der Waals surface area contributed by atoms with Crippen LogP contribution >= 0.6 is 11.6 Å². The van der Waals surface area contributed by atoms with Crippen molar-refractivity contribution in [3.8, 4) is 0 Å².